The second-order valence-electron chi connectivity index (χ2n) is 7.57. The van der Waals surface area contributed by atoms with Crippen LogP contribution >= 0.6 is 0 Å². The molecule has 4 heteroatoms. The number of allylic oxidation sites excluding steroid dienone is 1. The fourth-order valence-electron chi connectivity index (χ4n) is 5.20. The number of carboxylic acids is 1. The maximum absolute atomic E-state index is 11.4. The SMILES string of the molecule is CC1(C)C[C@H]2C=C(C(=O)O)[C@@H]3CC(O)C(C)(O)[C@]23C1. The number of rotatable bonds is 1. The first-order valence-corrected chi connectivity index (χ1v) is 6.97. The zero-order chi connectivity index (χ0) is 14.2. The van der Waals surface area contributed by atoms with Crippen LogP contribution in [0.1, 0.15) is 40.0 Å². The Labute approximate surface area is 113 Å². The predicted molar refractivity (Wildman–Crippen MR) is 69.4 cm³/mol. The van der Waals surface area contributed by atoms with E-state index in [2.05, 4.69) is 13.8 Å². The van der Waals surface area contributed by atoms with E-state index >= 15 is 0 Å². The molecule has 3 aliphatic rings. The zero-order valence-corrected chi connectivity index (χ0v) is 11.7. The summed E-state index contributed by atoms with van der Waals surface area (Å²) in [5.74, 6) is -1.06. The van der Waals surface area contributed by atoms with Gasteiger partial charge >= 0.3 is 5.97 Å². The van der Waals surface area contributed by atoms with E-state index < -0.39 is 23.1 Å². The Morgan fingerprint density at radius 3 is 2.58 bits per heavy atom. The molecular weight excluding hydrogens is 244 g/mol. The van der Waals surface area contributed by atoms with Crippen molar-refractivity contribution < 1.29 is 20.1 Å². The standard InChI is InChI=1S/C15H22O4/c1-13(2)6-8-4-9(12(17)18)10-5-11(16)14(3,19)15(8,10)7-13/h4,8,10-11,16,19H,5-7H2,1-3H3,(H,17,18)/t8-,10+,11?,14?,15-/m1/s1. The second-order valence-corrected chi connectivity index (χ2v) is 7.57. The highest BCUT2D eigenvalue weighted by molar-refractivity contribution is 5.88. The lowest BCUT2D eigenvalue weighted by Crippen LogP contribution is -2.50. The van der Waals surface area contributed by atoms with Gasteiger partial charge in [-0.2, -0.15) is 0 Å². The molecule has 0 aliphatic heterocycles. The fraction of sp³-hybridized carbons (Fsp3) is 0.800. The van der Waals surface area contributed by atoms with Crippen molar-refractivity contribution in [1.29, 1.82) is 0 Å². The van der Waals surface area contributed by atoms with Crippen LogP contribution in [-0.4, -0.2) is 33.0 Å². The van der Waals surface area contributed by atoms with Crippen molar-refractivity contribution in [2.45, 2.75) is 51.7 Å². The summed E-state index contributed by atoms with van der Waals surface area (Å²) in [7, 11) is 0. The largest absolute Gasteiger partial charge is 0.478 e. The van der Waals surface area contributed by atoms with Crippen molar-refractivity contribution in [2.75, 3.05) is 0 Å². The van der Waals surface area contributed by atoms with Crippen molar-refractivity contribution in [3.63, 3.8) is 0 Å². The highest BCUT2D eigenvalue weighted by atomic mass is 16.4. The van der Waals surface area contributed by atoms with Crippen LogP contribution in [0.5, 0.6) is 0 Å². The molecule has 19 heavy (non-hydrogen) atoms. The van der Waals surface area contributed by atoms with E-state index in [0.717, 1.165) is 12.8 Å². The molecule has 106 valence electrons. The lowest BCUT2D eigenvalue weighted by molar-refractivity contribution is -0.135. The minimum Gasteiger partial charge on any atom is -0.478 e. The van der Waals surface area contributed by atoms with Gasteiger partial charge in [0.2, 0.25) is 0 Å². The van der Waals surface area contributed by atoms with Gasteiger partial charge in [-0.1, -0.05) is 19.9 Å². The second kappa shape index (κ2) is 3.41. The average molecular weight is 266 g/mol. The van der Waals surface area contributed by atoms with E-state index in [-0.39, 0.29) is 17.3 Å². The summed E-state index contributed by atoms with van der Waals surface area (Å²) in [5.41, 5.74) is -1.22. The lowest BCUT2D eigenvalue weighted by atomic mass is 9.65. The van der Waals surface area contributed by atoms with Gasteiger partial charge in [-0.05, 0) is 37.5 Å². The Hall–Kier alpha value is -0.870. The molecule has 0 aromatic rings. The Morgan fingerprint density at radius 2 is 2.00 bits per heavy atom. The van der Waals surface area contributed by atoms with Gasteiger partial charge in [0.05, 0.1) is 11.7 Å². The molecule has 1 spiro atoms. The van der Waals surface area contributed by atoms with Crippen LogP contribution in [0.4, 0.5) is 0 Å². The summed E-state index contributed by atoms with van der Waals surface area (Å²) in [4.78, 5) is 11.4. The third kappa shape index (κ3) is 1.39. The van der Waals surface area contributed by atoms with Crippen molar-refractivity contribution in [2.24, 2.45) is 22.7 Å². The van der Waals surface area contributed by atoms with Crippen LogP contribution in [0.3, 0.4) is 0 Å². The molecule has 4 nitrogen and oxygen atoms in total. The van der Waals surface area contributed by atoms with Gasteiger partial charge < -0.3 is 15.3 Å². The molecule has 3 rings (SSSR count). The van der Waals surface area contributed by atoms with E-state index in [4.69, 9.17) is 0 Å². The van der Waals surface area contributed by atoms with Crippen LogP contribution in [0.15, 0.2) is 11.6 Å². The zero-order valence-electron chi connectivity index (χ0n) is 11.7. The number of aliphatic hydroxyl groups is 2. The number of hydrogen-bond acceptors (Lipinski definition) is 3. The Morgan fingerprint density at radius 1 is 1.37 bits per heavy atom. The lowest BCUT2D eigenvalue weighted by Gasteiger charge is -2.43. The molecule has 3 aliphatic carbocycles. The summed E-state index contributed by atoms with van der Waals surface area (Å²) in [6.07, 6.45) is 3.02. The van der Waals surface area contributed by atoms with Crippen LogP contribution < -0.4 is 0 Å². The molecule has 2 fully saturated rings. The van der Waals surface area contributed by atoms with E-state index in [1.807, 2.05) is 6.08 Å². The van der Waals surface area contributed by atoms with Crippen LogP contribution in [-0.2, 0) is 4.79 Å². The normalized spacial score (nSPS) is 50.8. The Kier molecular flexibility index (Phi) is 2.36. The van der Waals surface area contributed by atoms with E-state index in [1.54, 1.807) is 6.92 Å². The third-order valence-electron chi connectivity index (χ3n) is 5.88. The highest BCUT2D eigenvalue weighted by Gasteiger charge is 2.72. The predicted octanol–water partition coefficient (Wildman–Crippen LogP) is 1.57. The van der Waals surface area contributed by atoms with Gasteiger partial charge in [-0.15, -0.1) is 0 Å². The summed E-state index contributed by atoms with van der Waals surface area (Å²) in [6.45, 7) is 6.00. The van der Waals surface area contributed by atoms with Crippen LogP contribution in [0, 0.1) is 22.7 Å². The maximum atomic E-state index is 11.4. The van der Waals surface area contributed by atoms with Crippen LogP contribution in [0.2, 0.25) is 0 Å². The van der Waals surface area contributed by atoms with Gasteiger partial charge in [0.25, 0.3) is 0 Å². The monoisotopic (exact) mass is 266 g/mol. The highest BCUT2D eigenvalue weighted by Crippen LogP contribution is 2.71. The van der Waals surface area contributed by atoms with Gasteiger partial charge in [0.15, 0.2) is 0 Å². The first-order valence-electron chi connectivity index (χ1n) is 6.97. The minimum absolute atomic E-state index is 0.0609. The molecule has 5 atom stereocenters. The van der Waals surface area contributed by atoms with Crippen LogP contribution in [0.25, 0.3) is 0 Å². The maximum Gasteiger partial charge on any atom is 0.331 e. The van der Waals surface area contributed by atoms with Crippen molar-refractivity contribution in [1.82, 2.24) is 0 Å². The minimum atomic E-state index is -1.20. The summed E-state index contributed by atoms with van der Waals surface area (Å²) in [5, 5.41) is 30.4. The molecule has 0 aromatic heterocycles. The number of hydrogen-bond donors (Lipinski definition) is 3. The third-order valence-corrected chi connectivity index (χ3v) is 5.88. The number of carboxylic acid groups (broad SMARTS) is 1. The van der Waals surface area contributed by atoms with Crippen molar-refractivity contribution in [3.05, 3.63) is 11.6 Å². The quantitative estimate of drug-likeness (QED) is 0.673. The first-order chi connectivity index (χ1) is 8.62. The molecule has 2 saturated carbocycles. The average Bonchev–Trinajstić information content (AvgIpc) is 2.74. The summed E-state index contributed by atoms with van der Waals surface area (Å²) < 4.78 is 0. The Bertz CT molecular complexity index is 477. The fourth-order valence-corrected chi connectivity index (χ4v) is 5.20. The van der Waals surface area contributed by atoms with Gasteiger partial charge in [-0.25, -0.2) is 4.79 Å². The van der Waals surface area contributed by atoms with Crippen molar-refractivity contribution >= 4 is 5.97 Å². The van der Waals surface area contributed by atoms with Gasteiger partial charge in [0.1, 0.15) is 0 Å². The van der Waals surface area contributed by atoms with Gasteiger partial charge in [-0.3, -0.25) is 0 Å². The summed E-state index contributed by atoms with van der Waals surface area (Å²) >= 11 is 0. The molecule has 0 bridgehead atoms. The topological polar surface area (TPSA) is 77.8 Å². The first kappa shape index (κ1) is 13.1. The summed E-state index contributed by atoms with van der Waals surface area (Å²) in [6, 6.07) is 0. The van der Waals surface area contributed by atoms with E-state index in [0.29, 0.717) is 12.0 Å². The van der Waals surface area contributed by atoms with E-state index in [1.165, 1.54) is 0 Å². The molecular formula is C15H22O4. The number of carbonyl (C=O) groups is 1. The molecule has 2 unspecified atom stereocenters. The Balaban J connectivity index is 2.14. The number of aliphatic carboxylic acids is 1. The molecule has 0 aromatic carbocycles. The molecule has 0 amide bonds. The molecule has 0 radical (unpaired) electrons. The molecule has 3 N–H and O–H groups in total. The van der Waals surface area contributed by atoms with Gasteiger partial charge in [0, 0.05) is 16.9 Å². The smallest absolute Gasteiger partial charge is 0.331 e. The van der Waals surface area contributed by atoms with Crippen molar-refractivity contribution in [3.8, 4) is 0 Å². The molecule has 0 heterocycles. The molecule has 0 saturated heterocycles. The number of aliphatic hydroxyl groups excluding tert-OH is 1. The van der Waals surface area contributed by atoms with E-state index in [9.17, 15) is 20.1 Å².